The van der Waals surface area contributed by atoms with E-state index < -0.39 is 12.0 Å². The Morgan fingerprint density at radius 3 is 2.31 bits per heavy atom. The molecule has 2 aliphatic heterocycles. The van der Waals surface area contributed by atoms with E-state index in [0.29, 0.717) is 38.5 Å². The monoisotopic (exact) mass is 440 g/mol. The summed E-state index contributed by atoms with van der Waals surface area (Å²) in [4.78, 5) is 42.0. The summed E-state index contributed by atoms with van der Waals surface area (Å²) in [5, 5.41) is 6.07. The Bertz CT molecular complexity index is 858. The normalized spacial score (nSPS) is 21.6. The molecule has 2 amide bonds. The number of anilines is 1. The number of amides is 2. The Kier molecular flexibility index (Phi) is 7.07. The van der Waals surface area contributed by atoms with Gasteiger partial charge in [-0.05, 0) is 37.8 Å². The molecule has 1 saturated carbocycles. The van der Waals surface area contributed by atoms with Crippen molar-refractivity contribution in [2.75, 3.05) is 37.8 Å². The highest BCUT2D eigenvalue weighted by atomic mass is 16.5. The van der Waals surface area contributed by atoms with E-state index in [0.717, 1.165) is 18.5 Å². The fraction of sp³-hybridized carbons (Fsp3) is 0.583. The summed E-state index contributed by atoms with van der Waals surface area (Å²) in [6, 6.07) is 8.81. The smallest absolute Gasteiger partial charge is 0.354 e. The van der Waals surface area contributed by atoms with Gasteiger partial charge < -0.3 is 14.5 Å². The van der Waals surface area contributed by atoms with Crippen LogP contribution in [0.15, 0.2) is 35.4 Å². The van der Waals surface area contributed by atoms with Crippen LogP contribution in [0.3, 0.4) is 0 Å². The van der Waals surface area contributed by atoms with E-state index in [2.05, 4.69) is 5.10 Å². The highest BCUT2D eigenvalue weighted by molar-refractivity contribution is 6.38. The van der Waals surface area contributed by atoms with Gasteiger partial charge in [-0.3, -0.25) is 14.6 Å². The zero-order valence-corrected chi connectivity index (χ0v) is 18.7. The van der Waals surface area contributed by atoms with Crippen molar-refractivity contribution in [3.63, 3.8) is 0 Å². The van der Waals surface area contributed by atoms with Crippen molar-refractivity contribution in [3.8, 4) is 0 Å². The molecule has 0 aromatic heterocycles. The molecule has 8 heteroatoms. The first-order chi connectivity index (χ1) is 15.6. The molecule has 3 aliphatic rings. The number of carbonyl (C=O) groups is 3. The molecule has 0 radical (unpaired) electrons. The fourth-order valence-electron chi connectivity index (χ4n) is 4.84. The third kappa shape index (κ3) is 4.95. The lowest BCUT2D eigenvalue weighted by Gasteiger charge is -2.37. The molecule has 4 rings (SSSR count). The van der Waals surface area contributed by atoms with E-state index in [1.165, 1.54) is 12.8 Å². The van der Waals surface area contributed by atoms with E-state index in [9.17, 15) is 14.4 Å². The van der Waals surface area contributed by atoms with Gasteiger partial charge in [-0.1, -0.05) is 31.0 Å². The summed E-state index contributed by atoms with van der Waals surface area (Å²) >= 11 is 0. The van der Waals surface area contributed by atoms with Crippen LogP contribution >= 0.6 is 0 Å². The van der Waals surface area contributed by atoms with Crippen LogP contribution in [0.25, 0.3) is 0 Å². The molecule has 1 aromatic rings. The molecule has 1 saturated heterocycles. The van der Waals surface area contributed by atoms with Gasteiger partial charge in [0, 0.05) is 39.0 Å². The van der Waals surface area contributed by atoms with Gasteiger partial charge in [0.15, 0.2) is 0 Å². The van der Waals surface area contributed by atoms with E-state index >= 15 is 0 Å². The second kappa shape index (κ2) is 10.1. The predicted octanol–water partition coefficient (Wildman–Crippen LogP) is 2.44. The molecule has 2 fully saturated rings. The van der Waals surface area contributed by atoms with Gasteiger partial charge in [-0.25, -0.2) is 4.79 Å². The van der Waals surface area contributed by atoms with Crippen LogP contribution in [-0.2, 0) is 19.1 Å². The molecular formula is C24H32N4O4. The topological polar surface area (TPSA) is 82.5 Å². The lowest BCUT2D eigenvalue weighted by atomic mass is 10.0. The number of piperazine rings is 1. The number of hydrogen-bond donors (Lipinski definition) is 0. The molecule has 1 aromatic carbocycles. The van der Waals surface area contributed by atoms with Crippen LogP contribution in [-0.4, -0.2) is 72.1 Å². The molecule has 0 bridgehead atoms. The average Bonchev–Trinajstić information content (AvgIpc) is 3.50. The van der Waals surface area contributed by atoms with Gasteiger partial charge >= 0.3 is 5.97 Å². The van der Waals surface area contributed by atoms with E-state index in [1.807, 2.05) is 35.2 Å². The molecule has 1 aliphatic carbocycles. The summed E-state index contributed by atoms with van der Waals surface area (Å²) in [6.07, 6.45) is 5.63. The molecular weight excluding hydrogens is 408 g/mol. The standard InChI is InChI=1S/C24H32N4O4/c1-2-32-24(31)20-17-21(28(25-20)19-10-4-3-5-11-19)23(30)27-14-12-26(13-15-27)22(29)16-18-8-6-7-9-18/h3-5,10-11,18,21H,2,6-9,12-17H2,1H3. The maximum atomic E-state index is 13.4. The number of nitrogens with zero attached hydrogens (tertiary/aromatic N) is 4. The Hall–Kier alpha value is -2.90. The van der Waals surface area contributed by atoms with Crippen LogP contribution < -0.4 is 5.01 Å². The molecule has 0 N–H and O–H groups in total. The second-order valence-electron chi connectivity index (χ2n) is 8.73. The zero-order chi connectivity index (χ0) is 22.5. The lowest BCUT2D eigenvalue weighted by Crippen LogP contribution is -2.54. The van der Waals surface area contributed by atoms with Crippen LogP contribution in [0.2, 0.25) is 0 Å². The summed E-state index contributed by atoms with van der Waals surface area (Å²) in [5.74, 6) is 0.188. The molecule has 1 atom stereocenters. The van der Waals surface area contributed by atoms with Gasteiger partial charge in [0.2, 0.25) is 11.8 Å². The first kappa shape index (κ1) is 22.3. The van der Waals surface area contributed by atoms with Crippen molar-refractivity contribution >= 4 is 29.2 Å². The maximum absolute atomic E-state index is 13.4. The third-order valence-corrected chi connectivity index (χ3v) is 6.61. The summed E-state index contributed by atoms with van der Waals surface area (Å²) in [7, 11) is 0. The number of ether oxygens (including phenoxy) is 1. The Balaban J connectivity index is 1.39. The maximum Gasteiger partial charge on any atom is 0.354 e. The van der Waals surface area contributed by atoms with Crippen LogP contribution in [0.1, 0.15) is 45.4 Å². The minimum Gasteiger partial charge on any atom is -0.461 e. The molecule has 32 heavy (non-hydrogen) atoms. The molecule has 8 nitrogen and oxygen atoms in total. The average molecular weight is 441 g/mol. The number of carbonyl (C=O) groups excluding carboxylic acids is 3. The Morgan fingerprint density at radius 2 is 1.66 bits per heavy atom. The van der Waals surface area contributed by atoms with Crippen molar-refractivity contribution < 1.29 is 19.1 Å². The highest BCUT2D eigenvalue weighted by Crippen LogP contribution is 2.29. The van der Waals surface area contributed by atoms with E-state index in [-0.39, 0.29) is 30.6 Å². The second-order valence-corrected chi connectivity index (χ2v) is 8.73. The lowest BCUT2D eigenvalue weighted by molar-refractivity contribution is -0.140. The van der Waals surface area contributed by atoms with Crippen molar-refractivity contribution in [2.24, 2.45) is 11.0 Å². The molecule has 0 spiro atoms. The van der Waals surface area contributed by atoms with Crippen molar-refractivity contribution in [1.82, 2.24) is 9.80 Å². The first-order valence-electron chi connectivity index (χ1n) is 11.7. The van der Waals surface area contributed by atoms with Gasteiger partial charge in [0.05, 0.1) is 12.3 Å². The number of rotatable bonds is 6. The first-order valence-corrected chi connectivity index (χ1v) is 11.7. The minimum absolute atomic E-state index is 0.0696. The summed E-state index contributed by atoms with van der Waals surface area (Å²) < 4.78 is 5.11. The van der Waals surface area contributed by atoms with E-state index in [4.69, 9.17) is 4.74 Å². The molecule has 2 heterocycles. The van der Waals surface area contributed by atoms with Crippen molar-refractivity contribution in [2.45, 2.75) is 51.5 Å². The zero-order valence-electron chi connectivity index (χ0n) is 18.7. The van der Waals surface area contributed by atoms with Crippen LogP contribution in [0, 0.1) is 5.92 Å². The number of esters is 1. The van der Waals surface area contributed by atoms with Crippen LogP contribution in [0.5, 0.6) is 0 Å². The number of hydrogen-bond acceptors (Lipinski definition) is 6. The molecule has 172 valence electrons. The van der Waals surface area contributed by atoms with Gasteiger partial charge in [-0.2, -0.15) is 5.10 Å². The van der Waals surface area contributed by atoms with Gasteiger partial charge in [0.25, 0.3) is 0 Å². The fourth-order valence-corrected chi connectivity index (χ4v) is 4.84. The number of benzene rings is 1. The largest absolute Gasteiger partial charge is 0.461 e. The predicted molar refractivity (Wildman–Crippen MR) is 121 cm³/mol. The molecule has 1 unspecified atom stereocenters. The quantitative estimate of drug-likeness (QED) is 0.635. The Labute approximate surface area is 189 Å². The van der Waals surface area contributed by atoms with Gasteiger partial charge in [-0.15, -0.1) is 0 Å². The van der Waals surface area contributed by atoms with Crippen LogP contribution in [0.4, 0.5) is 5.69 Å². The SMILES string of the molecule is CCOC(=O)C1=NN(c2ccccc2)C(C(=O)N2CCN(C(=O)CC3CCCC3)CC2)C1. The van der Waals surface area contributed by atoms with Crippen molar-refractivity contribution in [1.29, 1.82) is 0 Å². The van der Waals surface area contributed by atoms with Gasteiger partial charge in [0.1, 0.15) is 11.8 Å². The third-order valence-electron chi connectivity index (χ3n) is 6.61. The summed E-state index contributed by atoms with van der Waals surface area (Å²) in [6.45, 7) is 4.13. The minimum atomic E-state index is -0.586. The number of para-hydroxylation sites is 1. The number of hydrazone groups is 1. The van der Waals surface area contributed by atoms with E-state index in [1.54, 1.807) is 16.8 Å². The highest BCUT2D eigenvalue weighted by Gasteiger charge is 2.40. The van der Waals surface area contributed by atoms with Crippen molar-refractivity contribution in [3.05, 3.63) is 30.3 Å². The summed E-state index contributed by atoms with van der Waals surface area (Å²) in [5.41, 5.74) is 1.02. The Morgan fingerprint density at radius 1 is 1.00 bits per heavy atom.